The lowest BCUT2D eigenvalue weighted by atomic mass is 9.84. The van der Waals surface area contributed by atoms with Gasteiger partial charge in [0.05, 0.1) is 23.2 Å². The second kappa shape index (κ2) is 12.7. The molecule has 0 spiro atoms. The molecule has 1 atom stereocenters. The van der Waals surface area contributed by atoms with Gasteiger partial charge in [-0.1, -0.05) is 50.2 Å². The summed E-state index contributed by atoms with van der Waals surface area (Å²) in [5.74, 6) is -0.0149. The molecule has 218 valence electrons. The fourth-order valence-electron chi connectivity index (χ4n) is 4.62. The van der Waals surface area contributed by atoms with E-state index in [-0.39, 0.29) is 29.4 Å². The Morgan fingerprint density at radius 3 is 2.25 bits per heavy atom. The number of sulfone groups is 1. The van der Waals surface area contributed by atoms with Crippen molar-refractivity contribution in [1.82, 2.24) is 4.90 Å². The molecule has 0 amide bonds. The molecule has 0 aromatic heterocycles. The Morgan fingerprint density at radius 1 is 0.975 bits per heavy atom. The van der Waals surface area contributed by atoms with E-state index in [0.29, 0.717) is 30.8 Å². The third-order valence-electron chi connectivity index (χ3n) is 6.63. The lowest BCUT2D eigenvalue weighted by molar-refractivity contribution is -0.137. The van der Waals surface area contributed by atoms with Gasteiger partial charge in [-0.15, -0.1) is 0 Å². The van der Waals surface area contributed by atoms with Crippen molar-refractivity contribution >= 4 is 9.84 Å². The van der Waals surface area contributed by atoms with Crippen LogP contribution in [0.25, 0.3) is 0 Å². The van der Waals surface area contributed by atoms with Crippen LogP contribution in [-0.4, -0.2) is 44.4 Å². The third kappa shape index (κ3) is 8.78. The largest absolute Gasteiger partial charge is 0.494 e. The molecule has 5 nitrogen and oxygen atoms in total. The highest BCUT2D eigenvalue weighted by Crippen LogP contribution is 2.31. The second-order valence-corrected chi connectivity index (χ2v) is 12.6. The van der Waals surface area contributed by atoms with Crippen molar-refractivity contribution in [1.29, 1.82) is 0 Å². The van der Waals surface area contributed by atoms with Gasteiger partial charge in [0.1, 0.15) is 11.6 Å². The lowest BCUT2D eigenvalue weighted by Gasteiger charge is -2.33. The topological polar surface area (TPSA) is 66.8 Å². The van der Waals surface area contributed by atoms with Gasteiger partial charge >= 0.3 is 6.18 Å². The minimum atomic E-state index is -4.45. The molecule has 0 aliphatic heterocycles. The zero-order chi connectivity index (χ0) is 29.7. The van der Waals surface area contributed by atoms with E-state index in [0.717, 1.165) is 24.0 Å². The van der Waals surface area contributed by atoms with Gasteiger partial charge in [-0.2, -0.15) is 13.2 Å². The Morgan fingerprint density at radius 2 is 1.65 bits per heavy atom. The fraction of sp³-hybridized carbons (Fsp3) is 0.400. The predicted molar refractivity (Wildman–Crippen MR) is 146 cm³/mol. The fourth-order valence-corrected chi connectivity index (χ4v) is 5.62. The number of hydrogen-bond acceptors (Lipinski definition) is 5. The van der Waals surface area contributed by atoms with E-state index in [1.807, 2.05) is 18.7 Å². The highest BCUT2D eigenvalue weighted by molar-refractivity contribution is 7.90. The maximum atomic E-state index is 13.5. The van der Waals surface area contributed by atoms with Crippen molar-refractivity contribution in [2.24, 2.45) is 0 Å². The highest BCUT2D eigenvalue weighted by Gasteiger charge is 2.31. The summed E-state index contributed by atoms with van der Waals surface area (Å²) >= 11 is 0. The molecule has 0 radical (unpaired) electrons. The van der Waals surface area contributed by atoms with Gasteiger partial charge in [0.2, 0.25) is 0 Å². The molecule has 0 aliphatic carbocycles. The molecular formula is C30H35F4NO4S. The number of halogens is 4. The van der Waals surface area contributed by atoms with Crippen molar-refractivity contribution in [2.45, 2.75) is 56.3 Å². The number of ether oxygens (including phenoxy) is 1. The molecule has 3 aromatic carbocycles. The van der Waals surface area contributed by atoms with Crippen LogP contribution in [0.3, 0.4) is 0 Å². The van der Waals surface area contributed by atoms with E-state index in [2.05, 4.69) is 0 Å². The smallest absolute Gasteiger partial charge is 0.416 e. The van der Waals surface area contributed by atoms with E-state index >= 15 is 0 Å². The van der Waals surface area contributed by atoms with Crippen LogP contribution in [-0.2, 0) is 28.0 Å². The molecule has 0 saturated carbocycles. The van der Waals surface area contributed by atoms with Gasteiger partial charge in [-0.25, -0.2) is 12.8 Å². The van der Waals surface area contributed by atoms with Gasteiger partial charge in [0.15, 0.2) is 9.84 Å². The molecular weight excluding hydrogens is 546 g/mol. The number of rotatable bonds is 12. The Hall–Kier alpha value is -2.95. The van der Waals surface area contributed by atoms with E-state index in [1.54, 1.807) is 24.3 Å². The molecule has 0 aliphatic rings. The summed E-state index contributed by atoms with van der Waals surface area (Å²) in [6.07, 6.45) is -3.85. The van der Waals surface area contributed by atoms with E-state index in [1.165, 1.54) is 37.3 Å². The summed E-state index contributed by atoms with van der Waals surface area (Å²) in [7, 11) is -3.59. The van der Waals surface area contributed by atoms with Crippen LogP contribution in [0.4, 0.5) is 17.6 Å². The Kier molecular flexibility index (Phi) is 10.0. The quantitative estimate of drug-likeness (QED) is 0.194. The first-order valence-electron chi connectivity index (χ1n) is 12.9. The van der Waals surface area contributed by atoms with E-state index in [4.69, 9.17) is 4.74 Å². The van der Waals surface area contributed by atoms with Crippen LogP contribution >= 0.6 is 0 Å². The first-order chi connectivity index (χ1) is 18.6. The van der Waals surface area contributed by atoms with Crippen molar-refractivity contribution < 1.29 is 35.8 Å². The minimum absolute atomic E-state index is 0.00720. The summed E-state index contributed by atoms with van der Waals surface area (Å²) in [6, 6.07) is 15.9. The third-order valence-corrected chi connectivity index (χ3v) is 7.78. The Bertz CT molecular complexity index is 1390. The molecule has 1 unspecified atom stereocenters. The molecule has 3 aromatic rings. The van der Waals surface area contributed by atoms with Gasteiger partial charge in [0, 0.05) is 31.3 Å². The normalized spacial score (nSPS) is 13.4. The van der Waals surface area contributed by atoms with Crippen molar-refractivity contribution in [3.05, 3.63) is 94.8 Å². The molecule has 10 heteroatoms. The van der Waals surface area contributed by atoms with Crippen LogP contribution in [0.2, 0.25) is 0 Å². The monoisotopic (exact) mass is 581 g/mol. The second-order valence-electron chi connectivity index (χ2n) is 10.6. The number of aliphatic hydroxyl groups excluding tert-OH is 1. The van der Waals surface area contributed by atoms with E-state index in [9.17, 15) is 31.1 Å². The molecule has 3 rings (SSSR count). The molecule has 1 N–H and O–H groups in total. The predicted octanol–water partition coefficient (Wildman–Crippen LogP) is 6.55. The molecule has 0 heterocycles. The number of benzene rings is 3. The summed E-state index contributed by atoms with van der Waals surface area (Å²) in [4.78, 5) is 2.02. The zero-order valence-corrected chi connectivity index (χ0v) is 23.8. The SMILES string of the molecule is CC(O)c1ccc(OCCCN(Cc2cccc(C(F)(F)F)c2)CC(C)(C)c2ccc(F)cc2)cc1S(C)(=O)=O. The van der Waals surface area contributed by atoms with E-state index < -0.39 is 33.1 Å². The summed E-state index contributed by atoms with van der Waals surface area (Å²) in [6.45, 7) is 6.92. The number of alkyl halides is 3. The molecule has 0 bridgehead atoms. The van der Waals surface area contributed by atoms with Crippen molar-refractivity contribution in [3.63, 3.8) is 0 Å². The molecule has 0 fully saturated rings. The number of nitrogens with zero attached hydrogens (tertiary/aromatic N) is 1. The van der Waals surface area contributed by atoms with Gasteiger partial charge in [-0.05, 0) is 60.4 Å². The highest BCUT2D eigenvalue weighted by atomic mass is 32.2. The lowest BCUT2D eigenvalue weighted by Crippen LogP contribution is -2.37. The first kappa shape index (κ1) is 31.6. The summed E-state index contributed by atoms with van der Waals surface area (Å²) in [5.41, 5.74) is 0.540. The summed E-state index contributed by atoms with van der Waals surface area (Å²) < 4.78 is 83.6. The Labute approximate surface area is 233 Å². The zero-order valence-electron chi connectivity index (χ0n) is 23.0. The van der Waals surface area contributed by atoms with Gasteiger partial charge in [0.25, 0.3) is 0 Å². The van der Waals surface area contributed by atoms with Crippen LogP contribution in [0, 0.1) is 5.82 Å². The minimum Gasteiger partial charge on any atom is -0.494 e. The van der Waals surface area contributed by atoms with Crippen molar-refractivity contribution in [3.8, 4) is 5.75 Å². The maximum absolute atomic E-state index is 13.5. The van der Waals surface area contributed by atoms with Crippen molar-refractivity contribution in [2.75, 3.05) is 26.0 Å². The van der Waals surface area contributed by atoms with Crippen LogP contribution < -0.4 is 4.74 Å². The average Bonchev–Trinajstić information content (AvgIpc) is 2.85. The first-order valence-corrected chi connectivity index (χ1v) is 14.7. The number of hydrogen-bond donors (Lipinski definition) is 1. The molecule has 0 saturated heterocycles. The molecule has 40 heavy (non-hydrogen) atoms. The Balaban J connectivity index is 1.75. The summed E-state index contributed by atoms with van der Waals surface area (Å²) in [5, 5.41) is 9.91. The van der Waals surface area contributed by atoms with Crippen LogP contribution in [0.5, 0.6) is 5.75 Å². The van der Waals surface area contributed by atoms with Gasteiger partial charge in [-0.3, -0.25) is 4.90 Å². The van der Waals surface area contributed by atoms with Gasteiger partial charge < -0.3 is 9.84 Å². The maximum Gasteiger partial charge on any atom is 0.416 e. The van der Waals surface area contributed by atoms with Crippen LogP contribution in [0.15, 0.2) is 71.6 Å². The standard InChI is InChI=1S/C30H35F4NO4S/c1-21(36)27-14-13-26(18-28(27)40(4,37)38)39-16-6-15-35(19-22-7-5-8-24(17-22)30(32,33)34)20-29(2,3)23-9-11-25(31)12-10-23/h5,7-14,17-18,21,36H,6,15-16,19-20H2,1-4H3. The number of aliphatic hydroxyl groups is 1. The van der Waals surface area contributed by atoms with Crippen LogP contribution in [0.1, 0.15) is 55.5 Å². The average molecular weight is 582 g/mol.